The summed E-state index contributed by atoms with van der Waals surface area (Å²) in [5.41, 5.74) is 8.78. The molecule has 0 radical (unpaired) electrons. The summed E-state index contributed by atoms with van der Waals surface area (Å²) in [6.07, 6.45) is 0.956. The van der Waals surface area contributed by atoms with Gasteiger partial charge in [0.1, 0.15) is 11.6 Å². The molecule has 0 aliphatic carbocycles. The van der Waals surface area contributed by atoms with Gasteiger partial charge < -0.3 is 15.6 Å². The SMILES string of the molecule is COc1cccc(C2=C(N)N(C(=O)O)Cc3sc(SC)cc32)c1. The Bertz CT molecular complexity index is 798. The number of fused-ring (bicyclic) bond motifs is 1. The highest BCUT2D eigenvalue weighted by Gasteiger charge is 2.30. The zero-order valence-corrected chi connectivity index (χ0v) is 14.3. The van der Waals surface area contributed by atoms with Crippen molar-refractivity contribution in [1.82, 2.24) is 4.90 Å². The van der Waals surface area contributed by atoms with Crippen molar-refractivity contribution in [3.8, 4) is 5.75 Å². The van der Waals surface area contributed by atoms with Crippen molar-refractivity contribution in [2.24, 2.45) is 5.73 Å². The highest BCUT2D eigenvalue weighted by molar-refractivity contribution is 8.00. The molecule has 1 aromatic heterocycles. The van der Waals surface area contributed by atoms with Crippen LogP contribution in [0.5, 0.6) is 5.75 Å². The first-order valence-electron chi connectivity index (χ1n) is 6.87. The molecule has 0 bridgehead atoms. The van der Waals surface area contributed by atoms with Gasteiger partial charge in [-0.1, -0.05) is 12.1 Å². The minimum absolute atomic E-state index is 0.253. The second-order valence-corrected chi connectivity index (χ2v) is 7.21. The Hall–Kier alpha value is -2.12. The number of ether oxygens (including phenoxy) is 1. The van der Waals surface area contributed by atoms with Gasteiger partial charge in [-0.25, -0.2) is 4.79 Å². The fourth-order valence-corrected chi connectivity index (χ4v) is 4.34. The summed E-state index contributed by atoms with van der Waals surface area (Å²) in [5, 5.41) is 9.45. The number of carboxylic acid groups (broad SMARTS) is 1. The molecule has 7 heteroatoms. The van der Waals surface area contributed by atoms with Gasteiger partial charge in [-0.15, -0.1) is 23.1 Å². The third-order valence-electron chi connectivity index (χ3n) is 3.69. The summed E-state index contributed by atoms with van der Waals surface area (Å²) in [6.45, 7) is 0.287. The summed E-state index contributed by atoms with van der Waals surface area (Å²) in [5.74, 6) is 0.959. The number of hydrogen-bond donors (Lipinski definition) is 2. The van der Waals surface area contributed by atoms with Gasteiger partial charge in [0.15, 0.2) is 0 Å². The average molecular weight is 348 g/mol. The lowest BCUT2D eigenvalue weighted by molar-refractivity contribution is 0.155. The minimum atomic E-state index is -1.05. The molecule has 0 saturated heterocycles. The first-order valence-corrected chi connectivity index (χ1v) is 8.91. The molecule has 0 fully saturated rings. The summed E-state index contributed by atoms with van der Waals surface area (Å²) >= 11 is 3.25. The Balaban J connectivity index is 2.21. The van der Waals surface area contributed by atoms with E-state index in [0.29, 0.717) is 5.75 Å². The van der Waals surface area contributed by atoms with E-state index < -0.39 is 6.09 Å². The maximum absolute atomic E-state index is 11.5. The van der Waals surface area contributed by atoms with Gasteiger partial charge in [0.2, 0.25) is 0 Å². The molecule has 0 atom stereocenters. The Morgan fingerprint density at radius 1 is 1.43 bits per heavy atom. The molecule has 0 spiro atoms. The molecule has 3 rings (SSSR count). The second-order valence-electron chi connectivity index (χ2n) is 4.97. The molecule has 1 aliphatic rings. The van der Waals surface area contributed by atoms with E-state index in [9.17, 15) is 9.90 Å². The predicted octanol–water partition coefficient (Wildman–Crippen LogP) is 3.65. The second kappa shape index (κ2) is 6.17. The van der Waals surface area contributed by atoms with Gasteiger partial charge in [0, 0.05) is 16.0 Å². The first-order chi connectivity index (χ1) is 11.0. The molecule has 120 valence electrons. The predicted molar refractivity (Wildman–Crippen MR) is 92.9 cm³/mol. The summed E-state index contributed by atoms with van der Waals surface area (Å²) in [6, 6.07) is 9.57. The van der Waals surface area contributed by atoms with E-state index >= 15 is 0 Å². The molecule has 5 nitrogen and oxygen atoms in total. The van der Waals surface area contributed by atoms with E-state index in [1.165, 1.54) is 4.90 Å². The number of carbonyl (C=O) groups is 1. The van der Waals surface area contributed by atoms with Crippen molar-refractivity contribution in [2.75, 3.05) is 13.4 Å². The van der Waals surface area contributed by atoms with Gasteiger partial charge in [-0.3, -0.25) is 4.90 Å². The van der Waals surface area contributed by atoms with Gasteiger partial charge in [0.05, 0.1) is 17.9 Å². The summed E-state index contributed by atoms with van der Waals surface area (Å²) in [4.78, 5) is 13.7. The topological polar surface area (TPSA) is 75.8 Å². The van der Waals surface area contributed by atoms with Crippen LogP contribution in [0.2, 0.25) is 0 Å². The van der Waals surface area contributed by atoms with E-state index in [4.69, 9.17) is 10.5 Å². The highest BCUT2D eigenvalue weighted by Crippen LogP contribution is 2.41. The Labute approximate surface area is 142 Å². The molecule has 1 aromatic carbocycles. The van der Waals surface area contributed by atoms with Gasteiger partial charge in [0.25, 0.3) is 0 Å². The number of benzene rings is 1. The lowest BCUT2D eigenvalue weighted by Crippen LogP contribution is -2.35. The minimum Gasteiger partial charge on any atom is -0.497 e. The van der Waals surface area contributed by atoms with Crippen LogP contribution in [0.25, 0.3) is 5.57 Å². The van der Waals surface area contributed by atoms with Crippen molar-refractivity contribution in [3.63, 3.8) is 0 Å². The van der Waals surface area contributed by atoms with Crippen LogP contribution in [-0.4, -0.2) is 29.5 Å². The highest BCUT2D eigenvalue weighted by atomic mass is 32.2. The van der Waals surface area contributed by atoms with Crippen LogP contribution in [0.1, 0.15) is 16.0 Å². The van der Waals surface area contributed by atoms with Crippen LogP contribution < -0.4 is 10.5 Å². The lowest BCUT2D eigenvalue weighted by Gasteiger charge is -2.27. The van der Waals surface area contributed by atoms with Crippen LogP contribution in [0, 0.1) is 0 Å². The van der Waals surface area contributed by atoms with Crippen molar-refractivity contribution in [1.29, 1.82) is 0 Å². The fourth-order valence-electron chi connectivity index (χ4n) is 2.59. The van der Waals surface area contributed by atoms with Crippen molar-refractivity contribution in [3.05, 3.63) is 52.2 Å². The number of rotatable bonds is 3. The first kappa shape index (κ1) is 15.8. The lowest BCUT2D eigenvalue weighted by atomic mass is 9.95. The molecule has 2 aromatic rings. The van der Waals surface area contributed by atoms with Gasteiger partial charge in [-0.2, -0.15) is 0 Å². The van der Waals surface area contributed by atoms with Crippen LogP contribution >= 0.6 is 23.1 Å². The number of hydrogen-bond acceptors (Lipinski definition) is 5. The molecule has 23 heavy (non-hydrogen) atoms. The van der Waals surface area contributed by atoms with E-state index in [2.05, 4.69) is 6.07 Å². The quantitative estimate of drug-likeness (QED) is 0.828. The van der Waals surface area contributed by atoms with Crippen LogP contribution in [0.15, 0.2) is 40.4 Å². The van der Waals surface area contributed by atoms with Gasteiger partial charge >= 0.3 is 6.09 Å². The normalized spacial score (nSPS) is 13.9. The van der Waals surface area contributed by atoms with E-state index in [1.54, 1.807) is 30.2 Å². The van der Waals surface area contributed by atoms with E-state index in [0.717, 1.165) is 25.8 Å². The maximum Gasteiger partial charge on any atom is 0.413 e. The van der Waals surface area contributed by atoms with E-state index in [-0.39, 0.29) is 12.4 Å². The molecule has 2 heterocycles. The monoisotopic (exact) mass is 348 g/mol. The Morgan fingerprint density at radius 3 is 2.87 bits per heavy atom. The Morgan fingerprint density at radius 2 is 2.22 bits per heavy atom. The third-order valence-corrected chi connectivity index (χ3v) is 5.88. The summed E-state index contributed by atoms with van der Waals surface area (Å²) < 4.78 is 6.41. The van der Waals surface area contributed by atoms with Crippen LogP contribution in [0.4, 0.5) is 4.79 Å². The van der Waals surface area contributed by atoms with Crippen molar-refractivity contribution in [2.45, 2.75) is 10.8 Å². The zero-order valence-electron chi connectivity index (χ0n) is 12.7. The average Bonchev–Trinajstić information content (AvgIpc) is 2.96. The maximum atomic E-state index is 11.5. The number of methoxy groups -OCH3 is 1. The molecule has 1 amide bonds. The zero-order chi connectivity index (χ0) is 16.6. The standard InChI is InChI=1S/C16H16N2O3S2/c1-21-10-5-3-4-9(6-10)14-11-7-13(22-2)23-12(11)8-18(15(14)17)16(19)20/h3-7H,8,17H2,1-2H3,(H,19,20). The number of amides is 1. The number of thioether (sulfide) groups is 1. The molecule has 0 unspecified atom stereocenters. The van der Waals surface area contributed by atoms with Gasteiger partial charge in [-0.05, 0) is 30.0 Å². The number of thiophene rings is 1. The molecular formula is C16H16N2O3S2. The van der Waals surface area contributed by atoms with E-state index in [1.807, 2.05) is 30.5 Å². The molecular weight excluding hydrogens is 332 g/mol. The third kappa shape index (κ3) is 2.77. The van der Waals surface area contributed by atoms with Crippen LogP contribution in [0.3, 0.4) is 0 Å². The van der Waals surface area contributed by atoms with Crippen LogP contribution in [-0.2, 0) is 6.54 Å². The molecule has 0 saturated carbocycles. The number of nitrogens with two attached hydrogens (primary N) is 1. The largest absolute Gasteiger partial charge is 0.497 e. The number of nitrogens with zero attached hydrogens (tertiary/aromatic N) is 1. The smallest absolute Gasteiger partial charge is 0.413 e. The van der Waals surface area contributed by atoms with Crippen molar-refractivity contribution >= 4 is 34.8 Å². The molecule has 1 aliphatic heterocycles. The van der Waals surface area contributed by atoms with Crippen molar-refractivity contribution < 1.29 is 14.6 Å². The summed E-state index contributed by atoms with van der Waals surface area (Å²) in [7, 11) is 1.60. The molecule has 3 N–H and O–H groups in total. The Kier molecular flexibility index (Phi) is 4.23. The fraction of sp³-hybridized carbons (Fsp3) is 0.188.